The molecule has 1 aromatic heterocycles. The van der Waals surface area contributed by atoms with Crippen molar-refractivity contribution in [3.63, 3.8) is 0 Å². The van der Waals surface area contributed by atoms with E-state index in [9.17, 15) is 0 Å². The second-order valence-corrected chi connectivity index (χ2v) is 5.09. The van der Waals surface area contributed by atoms with E-state index in [4.69, 9.17) is 0 Å². The fraction of sp³-hybridized carbons (Fsp3) is 0.308. The highest BCUT2D eigenvalue weighted by atomic mass is 79.9. The normalized spacial score (nSPS) is 12.9. The molecule has 1 heterocycles. The number of hydrogen-bond donors (Lipinski definition) is 0. The maximum Gasteiger partial charge on any atom is 0.101 e. The van der Waals surface area contributed by atoms with Crippen LogP contribution in [0.3, 0.4) is 0 Å². The maximum atomic E-state index is 4.31. The third-order valence-electron chi connectivity index (χ3n) is 2.87. The van der Waals surface area contributed by atoms with E-state index in [1.807, 2.05) is 23.1 Å². The van der Waals surface area contributed by atoms with Crippen molar-refractivity contribution in [1.29, 1.82) is 0 Å². The van der Waals surface area contributed by atoms with Crippen LogP contribution in [0.1, 0.15) is 18.7 Å². The summed E-state index contributed by atoms with van der Waals surface area (Å²) >= 11 is 3.41. The third kappa shape index (κ3) is 3.17. The summed E-state index contributed by atoms with van der Waals surface area (Å²) in [6.07, 6.45) is 4.04. The van der Waals surface area contributed by atoms with Crippen molar-refractivity contribution in [2.45, 2.75) is 19.6 Å². The molecule has 90 valence electrons. The zero-order valence-electron chi connectivity index (χ0n) is 10.0. The molecule has 0 aliphatic heterocycles. The first-order chi connectivity index (χ1) is 8.16. The quantitative estimate of drug-likeness (QED) is 0.862. The molecule has 0 bridgehead atoms. The molecule has 2 rings (SSSR count). The minimum absolute atomic E-state index is 0.238. The Morgan fingerprint density at radius 2 is 2.06 bits per heavy atom. The van der Waals surface area contributed by atoms with Crippen LogP contribution in [-0.2, 0) is 6.54 Å². The number of aromatic nitrogens is 2. The largest absolute Gasteiger partial charge is 0.281 e. The molecular weight excluding hydrogens is 278 g/mol. The van der Waals surface area contributed by atoms with Crippen LogP contribution in [0, 0.1) is 0 Å². The highest BCUT2D eigenvalue weighted by Crippen LogP contribution is 2.16. The Kier molecular flexibility index (Phi) is 3.97. The average Bonchev–Trinajstić information content (AvgIpc) is 2.76. The van der Waals surface area contributed by atoms with Crippen molar-refractivity contribution in [3.8, 4) is 0 Å². The Labute approximate surface area is 110 Å². The molecule has 0 saturated heterocycles. The standard InChI is InChI=1S/C13H16BrN3/c1-11(17-10-13(14)8-15-17)16(2)9-12-6-4-3-5-7-12/h3-8,10-11H,9H2,1-2H3. The summed E-state index contributed by atoms with van der Waals surface area (Å²) < 4.78 is 2.96. The van der Waals surface area contributed by atoms with E-state index in [0.717, 1.165) is 11.0 Å². The van der Waals surface area contributed by atoms with Crippen LogP contribution in [0.25, 0.3) is 0 Å². The minimum Gasteiger partial charge on any atom is -0.281 e. The van der Waals surface area contributed by atoms with E-state index in [1.54, 1.807) is 0 Å². The SMILES string of the molecule is CC(N(C)Cc1ccccc1)n1cc(Br)cn1. The van der Waals surface area contributed by atoms with E-state index >= 15 is 0 Å². The smallest absolute Gasteiger partial charge is 0.101 e. The lowest BCUT2D eigenvalue weighted by molar-refractivity contribution is 0.172. The van der Waals surface area contributed by atoms with Gasteiger partial charge in [0, 0.05) is 12.7 Å². The van der Waals surface area contributed by atoms with E-state index < -0.39 is 0 Å². The number of rotatable bonds is 4. The maximum absolute atomic E-state index is 4.31. The average molecular weight is 294 g/mol. The van der Waals surface area contributed by atoms with Gasteiger partial charge in [-0.1, -0.05) is 30.3 Å². The van der Waals surface area contributed by atoms with Gasteiger partial charge in [-0.05, 0) is 35.5 Å². The van der Waals surface area contributed by atoms with Gasteiger partial charge in [-0.2, -0.15) is 5.10 Å². The van der Waals surface area contributed by atoms with E-state index in [1.165, 1.54) is 5.56 Å². The second-order valence-electron chi connectivity index (χ2n) is 4.17. The molecule has 0 fully saturated rings. The number of halogens is 1. The van der Waals surface area contributed by atoms with Crippen molar-refractivity contribution >= 4 is 15.9 Å². The predicted octanol–water partition coefficient (Wildman–Crippen LogP) is 3.30. The topological polar surface area (TPSA) is 21.1 Å². The monoisotopic (exact) mass is 293 g/mol. The lowest BCUT2D eigenvalue weighted by Gasteiger charge is -2.24. The van der Waals surface area contributed by atoms with E-state index in [2.05, 4.69) is 64.2 Å². The first-order valence-corrected chi connectivity index (χ1v) is 6.40. The molecule has 1 unspecified atom stereocenters. The van der Waals surface area contributed by atoms with Gasteiger partial charge >= 0.3 is 0 Å². The van der Waals surface area contributed by atoms with E-state index in [0.29, 0.717) is 0 Å². The van der Waals surface area contributed by atoms with Crippen LogP contribution < -0.4 is 0 Å². The summed E-state index contributed by atoms with van der Waals surface area (Å²) in [6, 6.07) is 10.5. The van der Waals surface area contributed by atoms with Crippen molar-refractivity contribution in [1.82, 2.24) is 14.7 Å². The van der Waals surface area contributed by atoms with Gasteiger partial charge < -0.3 is 0 Å². The summed E-state index contributed by atoms with van der Waals surface area (Å²) in [7, 11) is 2.10. The van der Waals surface area contributed by atoms with Crippen LogP contribution in [-0.4, -0.2) is 21.7 Å². The summed E-state index contributed by atoms with van der Waals surface area (Å²) in [6.45, 7) is 3.06. The van der Waals surface area contributed by atoms with Gasteiger partial charge in [0.1, 0.15) is 6.17 Å². The molecule has 0 spiro atoms. The summed E-state index contributed by atoms with van der Waals surface area (Å²) in [5, 5.41) is 4.31. The molecule has 0 amide bonds. The van der Waals surface area contributed by atoms with Gasteiger partial charge in [-0.3, -0.25) is 9.58 Å². The van der Waals surface area contributed by atoms with Crippen molar-refractivity contribution in [2.75, 3.05) is 7.05 Å². The first kappa shape index (κ1) is 12.3. The third-order valence-corrected chi connectivity index (χ3v) is 3.28. The van der Waals surface area contributed by atoms with Gasteiger partial charge in [0.05, 0.1) is 10.7 Å². The molecule has 3 nitrogen and oxygen atoms in total. The van der Waals surface area contributed by atoms with Gasteiger partial charge in [0.15, 0.2) is 0 Å². The second kappa shape index (κ2) is 5.47. The fourth-order valence-electron chi connectivity index (χ4n) is 1.72. The number of benzene rings is 1. The fourth-order valence-corrected chi connectivity index (χ4v) is 2.03. The van der Waals surface area contributed by atoms with Gasteiger partial charge in [0.25, 0.3) is 0 Å². The van der Waals surface area contributed by atoms with Crippen LogP contribution in [0.4, 0.5) is 0 Å². The Morgan fingerprint density at radius 1 is 1.35 bits per heavy atom. The minimum atomic E-state index is 0.238. The van der Waals surface area contributed by atoms with Crippen LogP contribution in [0.15, 0.2) is 47.2 Å². The van der Waals surface area contributed by atoms with E-state index in [-0.39, 0.29) is 6.17 Å². The molecule has 0 aliphatic carbocycles. The summed E-state index contributed by atoms with van der Waals surface area (Å²) in [5.74, 6) is 0. The lowest BCUT2D eigenvalue weighted by Crippen LogP contribution is -2.26. The molecule has 17 heavy (non-hydrogen) atoms. The zero-order valence-corrected chi connectivity index (χ0v) is 11.6. The lowest BCUT2D eigenvalue weighted by atomic mass is 10.2. The Bertz CT molecular complexity index is 467. The molecule has 0 N–H and O–H groups in total. The van der Waals surface area contributed by atoms with Crippen molar-refractivity contribution in [2.24, 2.45) is 0 Å². The Balaban J connectivity index is 2.03. The molecule has 0 radical (unpaired) electrons. The summed E-state index contributed by atoms with van der Waals surface area (Å²) in [5.41, 5.74) is 1.31. The number of hydrogen-bond acceptors (Lipinski definition) is 2. The molecular formula is C13H16BrN3. The van der Waals surface area contributed by atoms with Crippen molar-refractivity contribution in [3.05, 3.63) is 52.8 Å². The van der Waals surface area contributed by atoms with Gasteiger partial charge in [-0.15, -0.1) is 0 Å². The van der Waals surface area contributed by atoms with Gasteiger partial charge in [0.2, 0.25) is 0 Å². The highest BCUT2D eigenvalue weighted by molar-refractivity contribution is 9.10. The molecule has 0 saturated carbocycles. The first-order valence-electron chi connectivity index (χ1n) is 5.60. The van der Waals surface area contributed by atoms with Gasteiger partial charge in [-0.25, -0.2) is 0 Å². The zero-order chi connectivity index (χ0) is 12.3. The predicted molar refractivity (Wildman–Crippen MR) is 72.5 cm³/mol. The molecule has 1 aromatic carbocycles. The van der Waals surface area contributed by atoms with Crippen LogP contribution >= 0.6 is 15.9 Å². The molecule has 2 aromatic rings. The summed E-state index contributed by atoms with van der Waals surface area (Å²) in [4.78, 5) is 2.26. The highest BCUT2D eigenvalue weighted by Gasteiger charge is 2.11. The molecule has 1 atom stereocenters. The number of nitrogens with zero attached hydrogens (tertiary/aromatic N) is 3. The Morgan fingerprint density at radius 3 is 2.65 bits per heavy atom. The Hall–Kier alpha value is -1.13. The van der Waals surface area contributed by atoms with Crippen LogP contribution in [0.5, 0.6) is 0 Å². The van der Waals surface area contributed by atoms with Crippen molar-refractivity contribution < 1.29 is 0 Å². The molecule has 0 aliphatic rings. The van der Waals surface area contributed by atoms with Crippen LogP contribution in [0.2, 0.25) is 0 Å². The molecule has 4 heteroatoms.